The van der Waals surface area contributed by atoms with Crippen LogP contribution >= 0.6 is 15.9 Å². The topological polar surface area (TPSA) is 74.2 Å². The number of ether oxygens (including phenoxy) is 1. The standard InChI is InChI=1S/C16H14BrN3O2/c1-22-16(21)20-14-5-2-11(3-6-14)10-19-15-7-4-13(17)8-12(15)9-18/h2-8,19H,10H2,1H3,(H,20,21). The zero-order chi connectivity index (χ0) is 15.9. The van der Waals surface area contributed by atoms with E-state index in [1.807, 2.05) is 24.3 Å². The smallest absolute Gasteiger partial charge is 0.411 e. The van der Waals surface area contributed by atoms with Crippen LogP contribution in [0.4, 0.5) is 16.2 Å². The predicted octanol–water partition coefficient (Wildman–Crippen LogP) is 4.11. The van der Waals surface area contributed by atoms with Gasteiger partial charge < -0.3 is 10.1 Å². The molecule has 1 amide bonds. The van der Waals surface area contributed by atoms with Crippen molar-refractivity contribution >= 4 is 33.4 Å². The average Bonchev–Trinajstić information content (AvgIpc) is 2.54. The first-order valence-corrected chi connectivity index (χ1v) is 7.29. The Labute approximate surface area is 137 Å². The molecular formula is C16H14BrN3O2. The maximum atomic E-state index is 11.1. The monoisotopic (exact) mass is 359 g/mol. The largest absolute Gasteiger partial charge is 0.453 e. The summed E-state index contributed by atoms with van der Waals surface area (Å²) in [5.41, 5.74) is 3.06. The summed E-state index contributed by atoms with van der Waals surface area (Å²) in [6.07, 6.45) is -0.501. The molecule has 6 heteroatoms. The van der Waals surface area contributed by atoms with Crippen molar-refractivity contribution in [2.75, 3.05) is 17.7 Å². The number of nitrogens with one attached hydrogen (secondary N) is 2. The number of hydrogen-bond acceptors (Lipinski definition) is 4. The van der Waals surface area contributed by atoms with Crippen LogP contribution in [0, 0.1) is 11.3 Å². The van der Waals surface area contributed by atoms with Gasteiger partial charge in [-0.2, -0.15) is 5.26 Å². The molecule has 2 rings (SSSR count). The van der Waals surface area contributed by atoms with Gasteiger partial charge in [-0.25, -0.2) is 4.79 Å². The van der Waals surface area contributed by atoms with Crippen molar-refractivity contribution in [3.05, 3.63) is 58.1 Å². The maximum Gasteiger partial charge on any atom is 0.411 e. The van der Waals surface area contributed by atoms with E-state index in [2.05, 4.69) is 37.4 Å². The van der Waals surface area contributed by atoms with Crippen LogP contribution < -0.4 is 10.6 Å². The van der Waals surface area contributed by atoms with E-state index in [1.54, 1.807) is 18.2 Å². The van der Waals surface area contributed by atoms with Crippen LogP contribution in [0.2, 0.25) is 0 Å². The van der Waals surface area contributed by atoms with Gasteiger partial charge in [-0.1, -0.05) is 28.1 Å². The minimum absolute atomic E-state index is 0.501. The summed E-state index contributed by atoms with van der Waals surface area (Å²) in [4.78, 5) is 11.1. The molecule has 22 heavy (non-hydrogen) atoms. The second-order valence-electron chi connectivity index (χ2n) is 4.47. The highest BCUT2D eigenvalue weighted by Gasteiger charge is 2.03. The van der Waals surface area contributed by atoms with Crippen molar-refractivity contribution in [1.82, 2.24) is 0 Å². The van der Waals surface area contributed by atoms with Crippen molar-refractivity contribution in [3.63, 3.8) is 0 Å². The fourth-order valence-electron chi connectivity index (χ4n) is 1.84. The molecule has 0 unspecified atom stereocenters. The molecular weight excluding hydrogens is 346 g/mol. The molecule has 0 saturated carbocycles. The van der Waals surface area contributed by atoms with Crippen molar-refractivity contribution in [2.24, 2.45) is 0 Å². The first-order chi connectivity index (χ1) is 10.6. The summed E-state index contributed by atoms with van der Waals surface area (Å²) in [5, 5.41) is 14.9. The summed E-state index contributed by atoms with van der Waals surface area (Å²) in [6, 6.07) is 15.0. The first-order valence-electron chi connectivity index (χ1n) is 6.50. The van der Waals surface area contributed by atoms with Crippen LogP contribution in [0.5, 0.6) is 0 Å². The molecule has 2 aromatic rings. The summed E-state index contributed by atoms with van der Waals surface area (Å²) in [6.45, 7) is 0.578. The highest BCUT2D eigenvalue weighted by molar-refractivity contribution is 9.10. The van der Waals surface area contributed by atoms with Gasteiger partial charge in [-0.05, 0) is 35.9 Å². The number of carbonyl (C=O) groups is 1. The van der Waals surface area contributed by atoms with E-state index in [1.165, 1.54) is 7.11 Å². The number of nitriles is 1. The van der Waals surface area contributed by atoms with E-state index in [9.17, 15) is 4.79 Å². The zero-order valence-electron chi connectivity index (χ0n) is 11.9. The van der Waals surface area contributed by atoms with Gasteiger partial charge in [0.25, 0.3) is 0 Å². The molecule has 0 aliphatic heterocycles. The minimum atomic E-state index is -0.501. The van der Waals surface area contributed by atoms with E-state index >= 15 is 0 Å². The molecule has 0 heterocycles. The Kier molecular flexibility index (Phi) is 5.39. The molecule has 0 aliphatic rings. The molecule has 0 aromatic heterocycles. The molecule has 0 fully saturated rings. The normalized spacial score (nSPS) is 9.68. The van der Waals surface area contributed by atoms with Crippen molar-refractivity contribution < 1.29 is 9.53 Å². The number of rotatable bonds is 4. The van der Waals surface area contributed by atoms with Gasteiger partial charge in [0.2, 0.25) is 0 Å². The van der Waals surface area contributed by atoms with E-state index in [-0.39, 0.29) is 0 Å². The highest BCUT2D eigenvalue weighted by Crippen LogP contribution is 2.21. The lowest BCUT2D eigenvalue weighted by molar-refractivity contribution is 0.187. The Hall–Kier alpha value is -2.52. The second kappa shape index (κ2) is 7.48. The van der Waals surface area contributed by atoms with Gasteiger partial charge in [0.05, 0.1) is 18.4 Å². The number of anilines is 2. The second-order valence-corrected chi connectivity index (χ2v) is 5.38. The molecule has 112 valence electrons. The van der Waals surface area contributed by atoms with Crippen molar-refractivity contribution in [3.8, 4) is 6.07 Å². The van der Waals surface area contributed by atoms with Gasteiger partial charge in [0.1, 0.15) is 6.07 Å². The Morgan fingerprint density at radius 3 is 2.64 bits per heavy atom. The van der Waals surface area contributed by atoms with Crippen LogP contribution in [0.1, 0.15) is 11.1 Å². The SMILES string of the molecule is COC(=O)Nc1ccc(CNc2ccc(Br)cc2C#N)cc1. The average molecular weight is 360 g/mol. The highest BCUT2D eigenvalue weighted by atomic mass is 79.9. The molecule has 2 aromatic carbocycles. The number of amides is 1. The predicted molar refractivity (Wildman–Crippen MR) is 88.7 cm³/mol. The van der Waals surface area contributed by atoms with Crippen LogP contribution in [0.25, 0.3) is 0 Å². The van der Waals surface area contributed by atoms with Gasteiger partial charge in [-0.15, -0.1) is 0 Å². The van der Waals surface area contributed by atoms with Gasteiger partial charge in [0, 0.05) is 16.7 Å². The van der Waals surface area contributed by atoms with Crippen LogP contribution in [0.3, 0.4) is 0 Å². The van der Waals surface area contributed by atoms with Crippen LogP contribution in [-0.2, 0) is 11.3 Å². The van der Waals surface area contributed by atoms with Crippen molar-refractivity contribution in [1.29, 1.82) is 5.26 Å². The molecule has 0 radical (unpaired) electrons. The lowest BCUT2D eigenvalue weighted by atomic mass is 10.1. The zero-order valence-corrected chi connectivity index (χ0v) is 13.5. The summed E-state index contributed by atoms with van der Waals surface area (Å²) >= 11 is 3.34. The number of carbonyl (C=O) groups excluding carboxylic acids is 1. The molecule has 0 spiro atoms. The number of benzene rings is 2. The first kappa shape index (κ1) is 15.9. The fourth-order valence-corrected chi connectivity index (χ4v) is 2.20. The lowest BCUT2D eigenvalue weighted by Gasteiger charge is -2.09. The molecule has 2 N–H and O–H groups in total. The molecule has 0 atom stereocenters. The molecule has 0 saturated heterocycles. The Balaban J connectivity index is 2.00. The minimum Gasteiger partial charge on any atom is -0.453 e. The number of halogens is 1. The maximum absolute atomic E-state index is 11.1. The number of methoxy groups -OCH3 is 1. The van der Waals surface area contributed by atoms with Gasteiger partial charge >= 0.3 is 6.09 Å². The van der Waals surface area contributed by atoms with Crippen LogP contribution in [-0.4, -0.2) is 13.2 Å². The number of nitrogens with zero attached hydrogens (tertiary/aromatic N) is 1. The summed E-state index contributed by atoms with van der Waals surface area (Å²) in [7, 11) is 1.32. The van der Waals surface area contributed by atoms with Crippen LogP contribution in [0.15, 0.2) is 46.9 Å². The van der Waals surface area contributed by atoms with E-state index in [4.69, 9.17) is 5.26 Å². The van der Waals surface area contributed by atoms with Crippen molar-refractivity contribution in [2.45, 2.75) is 6.54 Å². The van der Waals surface area contributed by atoms with Gasteiger partial charge in [-0.3, -0.25) is 5.32 Å². The Morgan fingerprint density at radius 2 is 2.00 bits per heavy atom. The molecule has 5 nitrogen and oxygen atoms in total. The number of hydrogen-bond donors (Lipinski definition) is 2. The third kappa shape index (κ3) is 4.24. The van der Waals surface area contributed by atoms with Gasteiger partial charge in [0.15, 0.2) is 0 Å². The summed E-state index contributed by atoms with van der Waals surface area (Å²) in [5.74, 6) is 0. The Bertz CT molecular complexity index is 708. The quantitative estimate of drug-likeness (QED) is 0.861. The fraction of sp³-hybridized carbons (Fsp3) is 0.125. The Morgan fingerprint density at radius 1 is 1.27 bits per heavy atom. The third-order valence-electron chi connectivity index (χ3n) is 2.97. The van der Waals surface area contributed by atoms with E-state index < -0.39 is 6.09 Å². The third-order valence-corrected chi connectivity index (χ3v) is 3.46. The lowest BCUT2D eigenvalue weighted by Crippen LogP contribution is -2.10. The summed E-state index contributed by atoms with van der Waals surface area (Å²) < 4.78 is 5.40. The molecule has 0 aliphatic carbocycles. The molecule has 0 bridgehead atoms. The van der Waals surface area contributed by atoms with E-state index in [0.29, 0.717) is 17.8 Å². The van der Waals surface area contributed by atoms with E-state index in [0.717, 1.165) is 15.7 Å².